The summed E-state index contributed by atoms with van der Waals surface area (Å²) in [4.78, 5) is 27.9. The van der Waals surface area contributed by atoms with Crippen molar-refractivity contribution in [3.63, 3.8) is 0 Å². The zero-order chi connectivity index (χ0) is 24.4. The maximum Gasteiger partial charge on any atom is 0.300 e. The molecule has 1 atom stereocenters. The maximum atomic E-state index is 13.3. The van der Waals surface area contributed by atoms with Gasteiger partial charge in [0.25, 0.3) is 11.7 Å². The molecule has 0 aliphatic carbocycles. The van der Waals surface area contributed by atoms with E-state index in [9.17, 15) is 14.7 Å². The van der Waals surface area contributed by atoms with Gasteiger partial charge < -0.3 is 19.0 Å². The van der Waals surface area contributed by atoms with E-state index in [1.807, 2.05) is 6.92 Å². The van der Waals surface area contributed by atoms with Gasteiger partial charge in [0.1, 0.15) is 29.1 Å². The van der Waals surface area contributed by atoms with Gasteiger partial charge in [0.2, 0.25) is 0 Å². The van der Waals surface area contributed by atoms with Gasteiger partial charge in [-0.3, -0.25) is 14.5 Å². The average molecular weight is 482 g/mol. The third-order valence-electron chi connectivity index (χ3n) is 5.57. The average Bonchev–Trinajstić information content (AvgIpc) is 3.43. The molecule has 176 valence electrons. The monoisotopic (exact) mass is 481 g/mol. The Labute approximate surface area is 202 Å². The number of rotatable bonds is 7. The van der Waals surface area contributed by atoms with Crippen molar-refractivity contribution in [3.8, 4) is 11.5 Å². The Bertz CT molecular complexity index is 1260. The van der Waals surface area contributed by atoms with Crippen molar-refractivity contribution in [1.29, 1.82) is 0 Å². The minimum Gasteiger partial charge on any atom is -0.507 e. The van der Waals surface area contributed by atoms with Crippen molar-refractivity contribution in [2.75, 3.05) is 18.1 Å². The molecule has 1 amide bonds. The topological polar surface area (TPSA) is 89.2 Å². The van der Waals surface area contributed by atoms with Crippen molar-refractivity contribution in [3.05, 3.63) is 82.3 Å². The van der Waals surface area contributed by atoms with Crippen molar-refractivity contribution in [2.24, 2.45) is 0 Å². The molecule has 1 N–H and O–H groups in total. The second-order valence-corrected chi connectivity index (χ2v) is 8.00. The first-order valence-electron chi connectivity index (χ1n) is 10.9. The highest BCUT2D eigenvalue weighted by atomic mass is 35.5. The zero-order valence-corrected chi connectivity index (χ0v) is 19.8. The molecule has 7 nitrogen and oxygen atoms in total. The summed E-state index contributed by atoms with van der Waals surface area (Å²) in [5.41, 5.74) is 1.23. The van der Waals surface area contributed by atoms with Crippen LogP contribution in [0.3, 0.4) is 0 Å². The number of furan rings is 1. The van der Waals surface area contributed by atoms with E-state index in [2.05, 4.69) is 0 Å². The second kappa shape index (κ2) is 9.65. The molecule has 0 radical (unpaired) electrons. The van der Waals surface area contributed by atoms with Gasteiger partial charge in [-0.25, -0.2) is 0 Å². The first-order chi connectivity index (χ1) is 16.4. The molecule has 1 aromatic heterocycles. The fourth-order valence-electron chi connectivity index (χ4n) is 4.03. The molecule has 0 bridgehead atoms. The predicted molar refractivity (Wildman–Crippen MR) is 128 cm³/mol. The van der Waals surface area contributed by atoms with E-state index in [-0.39, 0.29) is 16.9 Å². The van der Waals surface area contributed by atoms with Crippen molar-refractivity contribution in [1.82, 2.24) is 0 Å². The first kappa shape index (κ1) is 23.4. The van der Waals surface area contributed by atoms with E-state index in [0.29, 0.717) is 46.7 Å². The van der Waals surface area contributed by atoms with Gasteiger partial charge in [0.05, 0.1) is 30.6 Å². The van der Waals surface area contributed by atoms with Crippen molar-refractivity contribution >= 4 is 34.7 Å². The summed E-state index contributed by atoms with van der Waals surface area (Å²) < 4.78 is 16.9. The molecule has 3 aromatic rings. The lowest BCUT2D eigenvalue weighted by molar-refractivity contribution is -0.132. The van der Waals surface area contributed by atoms with Crippen LogP contribution in [-0.2, 0) is 9.59 Å². The van der Waals surface area contributed by atoms with Crippen LogP contribution < -0.4 is 14.4 Å². The number of hydrogen-bond donors (Lipinski definition) is 1. The SMILES string of the molecule is CCOc1ccc(/C(O)=C2/C(=O)C(=O)N(c3cccc(Cl)c3C)C2c2ccco2)c(OCC)c1. The molecule has 2 aromatic carbocycles. The van der Waals surface area contributed by atoms with Gasteiger partial charge in [0.15, 0.2) is 0 Å². The second-order valence-electron chi connectivity index (χ2n) is 7.59. The van der Waals surface area contributed by atoms with Crippen LogP contribution in [-0.4, -0.2) is 30.0 Å². The largest absolute Gasteiger partial charge is 0.507 e. The number of carbonyl (C=O) groups excluding carboxylic acids is 2. The Morgan fingerprint density at radius 2 is 1.85 bits per heavy atom. The third kappa shape index (κ3) is 4.03. The Balaban J connectivity index is 1.94. The minimum atomic E-state index is -0.992. The molecular weight excluding hydrogens is 458 g/mol. The highest BCUT2D eigenvalue weighted by Gasteiger charge is 2.49. The summed E-state index contributed by atoms with van der Waals surface area (Å²) in [5, 5.41) is 11.8. The highest BCUT2D eigenvalue weighted by molar-refractivity contribution is 6.52. The number of Topliss-reactive ketones (excluding diaryl/α,β-unsaturated/α-hetero) is 1. The van der Waals surface area contributed by atoms with E-state index < -0.39 is 17.7 Å². The molecule has 1 saturated heterocycles. The molecule has 1 unspecified atom stereocenters. The van der Waals surface area contributed by atoms with Gasteiger partial charge in [-0.05, 0) is 62.7 Å². The van der Waals surface area contributed by atoms with Crippen LogP contribution in [0.25, 0.3) is 5.76 Å². The Kier molecular flexibility index (Phi) is 6.65. The number of aliphatic hydroxyl groups is 1. The lowest BCUT2D eigenvalue weighted by Crippen LogP contribution is -2.30. The van der Waals surface area contributed by atoms with Gasteiger partial charge in [-0.15, -0.1) is 0 Å². The van der Waals surface area contributed by atoms with E-state index >= 15 is 0 Å². The number of carbonyl (C=O) groups is 2. The Morgan fingerprint density at radius 1 is 1.09 bits per heavy atom. The predicted octanol–water partition coefficient (Wildman–Crippen LogP) is 5.67. The van der Waals surface area contributed by atoms with Crippen LogP contribution in [0.2, 0.25) is 5.02 Å². The number of amides is 1. The lowest BCUT2D eigenvalue weighted by Gasteiger charge is -2.25. The van der Waals surface area contributed by atoms with Crippen molar-refractivity contribution < 1.29 is 28.6 Å². The smallest absolute Gasteiger partial charge is 0.300 e. The van der Waals surface area contributed by atoms with Crippen LogP contribution in [0, 0.1) is 6.92 Å². The summed E-state index contributed by atoms with van der Waals surface area (Å²) in [5.74, 6) is -0.793. The number of ether oxygens (including phenoxy) is 2. The van der Waals surface area contributed by atoms with Crippen LogP contribution >= 0.6 is 11.6 Å². The number of benzene rings is 2. The molecule has 34 heavy (non-hydrogen) atoms. The lowest BCUT2D eigenvalue weighted by atomic mass is 9.98. The molecule has 4 rings (SSSR count). The van der Waals surface area contributed by atoms with Crippen LogP contribution in [0.1, 0.15) is 36.8 Å². The third-order valence-corrected chi connectivity index (χ3v) is 5.98. The number of anilines is 1. The molecule has 1 aliphatic rings. The fraction of sp³-hybridized carbons (Fsp3) is 0.231. The summed E-state index contributed by atoms with van der Waals surface area (Å²) >= 11 is 6.30. The maximum absolute atomic E-state index is 13.3. The van der Waals surface area contributed by atoms with Gasteiger partial charge in [-0.2, -0.15) is 0 Å². The minimum absolute atomic E-state index is 0.107. The summed E-state index contributed by atoms with van der Waals surface area (Å²) in [6, 6.07) is 12.3. The number of nitrogens with zero attached hydrogens (tertiary/aromatic N) is 1. The normalized spacial score (nSPS) is 17.3. The molecular formula is C26H24ClNO6. The van der Waals surface area contributed by atoms with E-state index in [1.165, 1.54) is 11.2 Å². The molecule has 0 spiro atoms. The zero-order valence-electron chi connectivity index (χ0n) is 19.0. The van der Waals surface area contributed by atoms with E-state index in [1.54, 1.807) is 62.4 Å². The Morgan fingerprint density at radius 3 is 2.53 bits per heavy atom. The van der Waals surface area contributed by atoms with E-state index in [4.69, 9.17) is 25.5 Å². The number of aliphatic hydroxyl groups excluding tert-OH is 1. The molecule has 1 aliphatic heterocycles. The van der Waals surface area contributed by atoms with Gasteiger partial charge >= 0.3 is 0 Å². The highest BCUT2D eigenvalue weighted by Crippen LogP contribution is 2.45. The number of ketones is 1. The molecule has 8 heteroatoms. The number of hydrogen-bond acceptors (Lipinski definition) is 6. The summed E-state index contributed by atoms with van der Waals surface area (Å²) in [6.07, 6.45) is 1.45. The fourth-order valence-corrected chi connectivity index (χ4v) is 4.20. The van der Waals surface area contributed by atoms with Gasteiger partial charge in [0, 0.05) is 16.8 Å². The van der Waals surface area contributed by atoms with Crippen LogP contribution in [0.5, 0.6) is 11.5 Å². The van der Waals surface area contributed by atoms with E-state index in [0.717, 1.165) is 0 Å². The van der Waals surface area contributed by atoms with Crippen molar-refractivity contribution in [2.45, 2.75) is 26.8 Å². The summed E-state index contributed by atoms with van der Waals surface area (Å²) in [6.45, 7) is 6.21. The molecule has 2 heterocycles. The summed E-state index contributed by atoms with van der Waals surface area (Å²) in [7, 11) is 0. The standard InChI is InChI=1S/C26H24ClNO6/c1-4-32-16-11-12-17(21(14-16)33-5-2)24(29)22-23(20-10-7-13-34-20)28(26(31)25(22)30)19-9-6-8-18(27)15(19)3/h6-14,23,29H,4-5H2,1-3H3/b24-22-. The Hall–Kier alpha value is -3.71. The first-order valence-corrected chi connectivity index (χ1v) is 11.3. The molecule has 1 fully saturated rings. The number of halogens is 1. The molecule has 0 saturated carbocycles. The van der Waals surface area contributed by atoms with Crippen LogP contribution in [0.4, 0.5) is 5.69 Å². The van der Waals surface area contributed by atoms with Crippen LogP contribution in [0.15, 0.2) is 64.8 Å². The van der Waals surface area contributed by atoms with Gasteiger partial charge in [-0.1, -0.05) is 17.7 Å². The quantitative estimate of drug-likeness (QED) is 0.266.